The first-order valence-corrected chi connectivity index (χ1v) is 6.91. The first-order chi connectivity index (χ1) is 8.46. The van der Waals surface area contributed by atoms with Gasteiger partial charge in [0.15, 0.2) is 6.61 Å². The van der Waals surface area contributed by atoms with E-state index in [0.717, 1.165) is 5.75 Å². The van der Waals surface area contributed by atoms with Crippen LogP contribution in [-0.4, -0.2) is 23.8 Å². The molecule has 0 aliphatic carbocycles. The molecule has 3 N–H and O–H groups in total. The molecule has 1 amide bonds. The third-order valence-electron chi connectivity index (χ3n) is 2.70. The van der Waals surface area contributed by atoms with Crippen molar-refractivity contribution in [1.29, 1.82) is 0 Å². The fourth-order valence-corrected chi connectivity index (χ4v) is 3.22. The Bertz CT molecular complexity index is 431. The first-order valence-electron chi connectivity index (χ1n) is 5.87. The van der Waals surface area contributed by atoms with Crippen molar-refractivity contribution in [2.24, 2.45) is 5.73 Å². The number of ether oxygens (including phenoxy) is 1. The molecule has 98 valence electrons. The number of hydrogen-bond acceptors (Lipinski definition) is 4. The molecule has 1 unspecified atom stereocenters. The number of rotatable bonds is 4. The van der Waals surface area contributed by atoms with Crippen molar-refractivity contribution < 1.29 is 9.53 Å². The summed E-state index contributed by atoms with van der Waals surface area (Å²) in [5, 5.41) is 3.89. The molecule has 0 aromatic heterocycles. The average molecular weight is 266 g/mol. The van der Waals surface area contributed by atoms with E-state index in [1.165, 1.54) is 5.56 Å². The average Bonchev–Trinajstić information content (AvgIpc) is 2.68. The maximum Gasteiger partial charge on any atom is 0.255 e. The molecule has 2 rings (SSSR count). The van der Waals surface area contributed by atoms with E-state index in [-0.39, 0.29) is 12.1 Å². The quantitative estimate of drug-likeness (QED) is 0.870. The number of nitrogens with one attached hydrogen (secondary N) is 1. The molecule has 1 aromatic carbocycles. The standard InChI is InChI=1S/C13H18N2O2S/c1-13(2)8-18-12(15-13)9-3-5-10(6-4-9)17-7-11(14)16/h3-6,12,15H,7-8H2,1-2H3,(H2,14,16). The second-order valence-electron chi connectivity index (χ2n) is 5.04. The number of benzene rings is 1. The zero-order valence-electron chi connectivity index (χ0n) is 10.6. The van der Waals surface area contributed by atoms with Gasteiger partial charge < -0.3 is 10.5 Å². The fourth-order valence-electron chi connectivity index (χ4n) is 1.80. The zero-order chi connectivity index (χ0) is 13.2. The maximum absolute atomic E-state index is 10.6. The van der Waals surface area contributed by atoms with Crippen molar-refractivity contribution >= 4 is 17.7 Å². The monoisotopic (exact) mass is 266 g/mol. The Labute approximate surface area is 111 Å². The van der Waals surface area contributed by atoms with Crippen LogP contribution >= 0.6 is 11.8 Å². The largest absolute Gasteiger partial charge is 0.484 e. The van der Waals surface area contributed by atoms with Crippen LogP contribution in [-0.2, 0) is 4.79 Å². The highest BCUT2D eigenvalue weighted by molar-refractivity contribution is 7.99. The predicted molar refractivity (Wildman–Crippen MR) is 73.5 cm³/mol. The Kier molecular flexibility index (Phi) is 3.82. The molecule has 1 atom stereocenters. The molecular formula is C13H18N2O2S. The van der Waals surface area contributed by atoms with E-state index in [1.807, 2.05) is 36.0 Å². The summed E-state index contributed by atoms with van der Waals surface area (Å²) in [6.07, 6.45) is 0. The molecule has 18 heavy (non-hydrogen) atoms. The predicted octanol–water partition coefficient (Wildman–Crippen LogP) is 1.66. The Morgan fingerprint density at radius 2 is 2.17 bits per heavy atom. The third kappa shape index (κ3) is 3.40. The summed E-state index contributed by atoms with van der Waals surface area (Å²) < 4.78 is 5.22. The molecule has 5 heteroatoms. The van der Waals surface area contributed by atoms with Gasteiger partial charge in [0.05, 0.1) is 5.37 Å². The van der Waals surface area contributed by atoms with E-state index < -0.39 is 5.91 Å². The molecule has 0 radical (unpaired) electrons. The summed E-state index contributed by atoms with van der Waals surface area (Å²) in [6.45, 7) is 4.32. The number of primary amides is 1. The molecule has 0 spiro atoms. The topological polar surface area (TPSA) is 64.3 Å². The van der Waals surface area contributed by atoms with Gasteiger partial charge >= 0.3 is 0 Å². The SMILES string of the molecule is CC1(C)CSC(c2ccc(OCC(N)=O)cc2)N1. The zero-order valence-corrected chi connectivity index (χ0v) is 11.4. The van der Waals surface area contributed by atoms with Gasteiger partial charge in [-0.05, 0) is 31.5 Å². The summed E-state index contributed by atoms with van der Waals surface area (Å²) in [4.78, 5) is 10.6. The highest BCUT2D eigenvalue weighted by Crippen LogP contribution is 2.37. The highest BCUT2D eigenvalue weighted by Gasteiger charge is 2.31. The van der Waals surface area contributed by atoms with Gasteiger partial charge in [0.2, 0.25) is 0 Å². The molecule has 1 aromatic rings. The minimum absolute atomic E-state index is 0.0805. The molecule has 0 saturated carbocycles. The van der Waals surface area contributed by atoms with E-state index in [9.17, 15) is 4.79 Å². The molecule has 1 saturated heterocycles. The number of nitrogens with two attached hydrogens (primary N) is 1. The van der Waals surface area contributed by atoms with E-state index >= 15 is 0 Å². The third-order valence-corrected chi connectivity index (χ3v) is 4.31. The van der Waals surface area contributed by atoms with Crippen LogP contribution in [0, 0.1) is 0 Å². The second kappa shape index (κ2) is 5.20. The normalized spacial score (nSPS) is 21.8. The Morgan fingerprint density at radius 1 is 1.50 bits per heavy atom. The van der Waals surface area contributed by atoms with Gasteiger partial charge in [-0.3, -0.25) is 10.1 Å². The lowest BCUT2D eigenvalue weighted by Gasteiger charge is -2.19. The number of carbonyl (C=O) groups is 1. The second-order valence-corrected chi connectivity index (χ2v) is 6.14. The van der Waals surface area contributed by atoms with Crippen LogP contribution in [0.1, 0.15) is 24.8 Å². The van der Waals surface area contributed by atoms with Crippen LogP contribution in [0.15, 0.2) is 24.3 Å². The molecule has 0 bridgehead atoms. The van der Waals surface area contributed by atoms with Gasteiger partial charge in [-0.15, -0.1) is 11.8 Å². The lowest BCUT2D eigenvalue weighted by Crippen LogP contribution is -2.35. The summed E-state index contributed by atoms with van der Waals surface area (Å²) in [7, 11) is 0. The van der Waals surface area contributed by atoms with Crippen LogP contribution in [0.5, 0.6) is 5.75 Å². The molecule has 1 heterocycles. The van der Waals surface area contributed by atoms with Crippen molar-refractivity contribution in [3.63, 3.8) is 0 Å². The van der Waals surface area contributed by atoms with Crippen LogP contribution in [0.4, 0.5) is 0 Å². The highest BCUT2D eigenvalue weighted by atomic mass is 32.2. The van der Waals surface area contributed by atoms with Crippen molar-refractivity contribution in [1.82, 2.24) is 5.32 Å². The lowest BCUT2D eigenvalue weighted by atomic mass is 10.1. The Balaban J connectivity index is 1.98. The van der Waals surface area contributed by atoms with Gasteiger partial charge in [-0.2, -0.15) is 0 Å². The number of amides is 1. The van der Waals surface area contributed by atoms with Crippen molar-refractivity contribution in [2.75, 3.05) is 12.4 Å². The number of thioether (sulfide) groups is 1. The number of carbonyl (C=O) groups excluding carboxylic acids is 1. The summed E-state index contributed by atoms with van der Waals surface area (Å²) in [5.74, 6) is 1.30. The Hall–Kier alpha value is -1.20. The van der Waals surface area contributed by atoms with E-state index in [1.54, 1.807) is 0 Å². The van der Waals surface area contributed by atoms with Gasteiger partial charge in [-0.25, -0.2) is 0 Å². The summed E-state index contributed by atoms with van der Waals surface area (Å²) in [6, 6.07) is 7.77. The lowest BCUT2D eigenvalue weighted by molar-refractivity contribution is -0.119. The first kappa shape index (κ1) is 13.2. The van der Waals surface area contributed by atoms with Crippen LogP contribution in [0.3, 0.4) is 0 Å². The van der Waals surface area contributed by atoms with Crippen molar-refractivity contribution in [3.8, 4) is 5.75 Å². The minimum atomic E-state index is -0.464. The van der Waals surface area contributed by atoms with E-state index in [2.05, 4.69) is 19.2 Å². The molecule has 1 aliphatic rings. The molecule has 4 nitrogen and oxygen atoms in total. The van der Waals surface area contributed by atoms with Gasteiger partial charge in [0.1, 0.15) is 5.75 Å². The van der Waals surface area contributed by atoms with Gasteiger partial charge in [-0.1, -0.05) is 12.1 Å². The number of hydrogen-bond donors (Lipinski definition) is 2. The summed E-state index contributed by atoms with van der Waals surface area (Å²) in [5.41, 5.74) is 6.42. The molecule has 1 aliphatic heterocycles. The van der Waals surface area contributed by atoms with Crippen molar-refractivity contribution in [3.05, 3.63) is 29.8 Å². The smallest absolute Gasteiger partial charge is 0.255 e. The van der Waals surface area contributed by atoms with E-state index in [0.29, 0.717) is 11.1 Å². The van der Waals surface area contributed by atoms with E-state index in [4.69, 9.17) is 10.5 Å². The van der Waals surface area contributed by atoms with Gasteiger partial charge in [0.25, 0.3) is 5.91 Å². The van der Waals surface area contributed by atoms with Crippen LogP contribution < -0.4 is 15.8 Å². The molecule has 1 fully saturated rings. The van der Waals surface area contributed by atoms with Crippen LogP contribution in [0.2, 0.25) is 0 Å². The fraction of sp³-hybridized carbons (Fsp3) is 0.462. The summed E-state index contributed by atoms with van der Waals surface area (Å²) >= 11 is 1.90. The minimum Gasteiger partial charge on any atom is -0.484 e. The molecular weight excluding hydrogens is 248 g/mol. The maximum atomic E-state index is 10.6. The Morgan fingerprint density at radius 3 is 2.67 bits per heavy atom. The van der Waals surface area contributed by atoms with Crippen LogP contribution in [0.25, 0.3) is 0 Å². The van der Waals surface area contributed by atoms with Gasteiger partial charge in [0, 0.05) is 11.3 Å². The van der Waals surface area contributed by atoms with Crippen molar-refractivity contribution in [2.45, 2.75) is 24.8 Å².